The van der Waals surface area contributed by atoms with E-state index in [1.165, 1.54) is 12.1 Å². The van der Waals surface area contributed by atoms with Gasteiger partial charge in [0.15, 0.2) is 5.75 Å². The van der Waals surface area contributed by atoms with E-state index >= 15 is 0 Å². The smallest absolute Gasteiger partial charge is 0.387 e. The van der Waals surface area contributed by atoms with Crippen molar-refractivity contribution in [2.24, 2.45) is 0 Å². The van der Waals surface area contributed by atoms with Crippen molar-refractivity contribution in [3.8, 4) is 5.75 Å². The molecule has 0 aliphatic carbocycles. The Labute approximate surface area is 167 Å². The van der Waals surface area contributed by atoms with Crippen molar-refractivity contribution in [1.29, 1.82) is 0 Å². The minimum absolute atomic E-state index is 0.00952. The van der Waals surface area contributed by atoms with E-state index in [9.17, 15) is 18.4 Å². The summed E-state index contributed by atoms with van der Waals surface area (Å²) in [4.78, 5) is 26.4. The number of carbonyl (C=O) groups is 1. The lowest BCUT2D eigenvalue weighted by molar-refractivity contribution is -0.119. The van der Waals surface area contributed by atoms with Crippen LogP contribution in [0.4, 0.5) is 8.78 Å². The fourth-order valence-corrected chi connectivity index (χ4v) is 3.26. The SMILES string of the molecule is CC(C)(C)c1ccc(/C(=C/[C@H]2CCC(=O)N2)c2ccc(OC(F)F)c(=O)[nH]2)cc1. The molecule has 7 heteroatoms. The number of pyridine rings is 1. The molecule has 2 heterocycles. The lowest BCUT2D eigenvalue weighted by Crippen LogP contribution is -2.23. The van der Waals surface area contributed by atoms with Crippen LogP contribution in [-0.2, 0) is 10.2 Å². The molecule has 0 saturated carbocycles. The Kier molecular flexibility index (Phi) is 5.86. The molecule has 1 aromatic carbocycles. The minimum Gasteiger partial charge on any atom is -0.429 e. The van der Waals surface area contributed by atoms with Crippen molar-refractivity contribution in [2.45, 2.75) is 51.7 Å². The Morgan fingerprint density at radius 2 is 1.83 bits per heavy atom. The summed E-state index contributed by atoms with van der Waals surface area (Å²) in [6.07, 6.45) is 2.98. The zero-order valence-electron chi connectivity index (χ0n) is 16.6. The van der Waals surface area contributed by atoms with Crippen molar-refractivity contribution in [1.82, 2.24) is 10.3 Å². The molecule has 154 valence electrons. The predicted molar refractivity (Wildman–Crippen MR) is 107 cm³/mol. The van der Waals surface area contributed by atoms with Gasteiger partial charge in [-0.3, -0.25) is 9.59 Å². The molecule has 29 heavy (non-hydrogen) atoms. The summed E-state index contributed by atoms with van der Waals surface area (Å²) in [5, 5.41) is 2.88. The Balaban J connectivity index is 2.02. The maximum Gasteiger partial charge on any atom is 0.387 e. The molecule has 1 amide bonds. The first-order valence-corrected chi connectivity index (χ1v) is 9.44. The predicted octanol–water partition coefficient (Wildman–Crippen LogP) is 3.98. The van der Waals surface area contributed by atoms with Gasteiger partial charge in [-0.2, -0.15) is 8.78 Å². The molecule has 1 aliphatic rings. The van der Waals surface area contributed by atoms with E-state index in [1.807, 2.05) is 30.3 Å². The number of benzene rings is 1. The van der Waals surface area contributed by atoms with Gasteiger partial charge in [0.1, 0.15) is 0 Å². The van der Waals surface area contributed by atoms with E-state index in [1.54, 1.807) is 0 Å². The molecule has 2 N–H and O–H groups in total. The Morgan fingerprint density at radius 1 is 1.14 bits per heavy atom. The normalized spacial score (nSPS) is 17.5. The number of aromatic amines is 1. The van der Waals surface area contributed by atoms with Crippen LogP contribution in [0.2, 0.25) is 0 Å². The summed E-state index contributed by atoms with van der Waals surface area (Å²) < 4.78 is 29.1. The zero-order chi connectivity index (χ0) is 21.2. The summed E-state index contributed by atoms with van der Waals surface area (Å²) >= 11 is 0. The number of rotatable bonds is 5. The second-order valence-corrected chi connectivity index (χ2v) is 8.06. The number of amides is 1. The quantitative estimate of drug-likeness (QED) is 0.795. The molecule has 0 bridgehead atoms. The molecule has 5 nitrogen and oxygen atoms in total. The Bertz CT molecular complexity index is 973. The van der Waals surface area contributed by atoms with Crippen LogP contribution in [0.5, 0.6) is 5.75 Å². The van der Waals surface area contributed by atoms with Gasteiger partial charge >= 0.3 is 6.61 Å². The van der Waals surface area contributed by atoms with Crippen LogP contribution >= 0.6 is 0 Å². The number of alkyl halides is 2. The summed E-state index contributed by atoms with van der Waals surface area (Å²) in [5.41, 5.74) is 2.42. The van der Waals surface area contributed by atoms with Crippen LogP contribution in [0, 0.1) is 0 Å². The van der Waals surface area contributed by atoms with Crippen LogP contribution in [0.25, 0.3) is 5.57 Å². The molecule has 0 unspecified atom stereocenters. The molecule has 0 radical (unpaired) electrons. The number of aromatic nitrogens is 1. The third-order valence-electron chi connectivity index (χ3n) is 4.84. The lowest BCUT2D eigenvalue weighted by atomic mass is 9.86. The third-order valence-corrected chi connectivity index (χ3v) is 4.84. The van der Waals surface area contributed by atoms with Gasteiger partial charge < -0.3 is 15.0 Å². The maximum absolute atomic E-state index is 12.4. The molecule has 1 aliphatic heterocycles. The number of hydrogen-bond acceptors (Lipinski definition) is 3. The molecule has 3 rings (SSSR count). The van der Waals surface area contributed by atoms with Gasteiger partial charge in [0, 0.05) is 23.7 Å². The van der Waals surface area contributed by atoms with E-state index in [0.717, 1.165) is 11.1 Å². The van der Waals surface area contributed by atoms with Gasteiger partial charge in [-0.1, -0.05) is 51.1 Å². The van der Waals surface area contributed by atoms with Gasteiger partial charge in [0.25, 0.3) is 5.56 Å². The van der Waals surface area contributed by atoms with E-state index in [2.05, 4.69) is 35.8 Å². The maximum atomic E-state index is 12.4. The molecular weight excluding hydrogens is 378 g/mol. The summed E-state index contributed by atoms with van der Waals surface area (Å²) in [6, 6.07) is 10.5. The number of H-pyrrole nitrogens is 1. The first-order chi connectivity index (χ1) is 13.6. The van der Waals surface area contributed by atoms with Crippen molar-refractivity contribution in [3.05, 3.63) is 69.6 Å². The van der Waals surface area contributed by atoms with Crippen LogP contribution < -0.4 is 15.6 Å². The monoisotopic (exact) mass is 402 g/mol. The van der Waals surface area contributed by atoms with Crippen LogP contribution in [0.3, 0.4) is 0 Å². The third kappa shape index (κ3) is 5.10. The zero-order valence-corrected chi connectivity index (χ0v) is 16.6. The first-order valence-electron chi connectivity index (χ1n) is 9.44. The van der Waals surface area contributed by atoms with Crippen molar-refractivity contribution in [2.75, 3.05) is 0 Å². The Morgan fingerprint density at radius 3 is 2.34 bits per heavy atom. The summed E-state index contributed by atoms with van der Waals surface area (Å²) in [5.74, 6) is -0.469. The Hall–Kier alpha value is -2.96. The average Bonchev–Trinajstić information content (AvgIpc) is 3.05. The van der Waals surface area contributed by atoms with Crippen LogP contribution in [0.1, 0.15) is 50.4 Å². The number of nitrogens with one attached hydrogen (secondary N) is 2. The number of carbonyl (C=O) groups excluding carboxylic acids is 1. The minimum atomic E-state index is -3.07. The highest BCUT2D eigenvalue weighted by atomic mass is 19.3. The fraction of sp³-hybridized carbons (Fsp3) is 0.364. The molecule has 1 saturated heterocycles. The topological polar surface area (TPSA) is 71.2 Å². The molecule has 1 atom stereocenters. The molecule has 1 aromatic heterocycles. The van der Waals surface area contributed by atoms with E-state index < -0.39 is 17.9 Å². The van der Waals surface area contributed by atoms with Crippen molar-refractivity contribution < 1.29 is 18.3 Å². The molecule has 0 spiro atoms. The van der Waals surface area contributed by atoms with Gasteiger partial charge in [-0.15, -0.1) is 0 Å². The molecule has 2 aromatic rings. The van der Waals surface area contributed by atoms with E-state index in [0.29, 0.717) is 24.1 Å². The highest BCUT2D eigenvalue weighted by Crippen LogP contribution is 2.28. The van der Waals surface area contributed by atoms with Gasteiger partial charge in [0.05, 0.1) is 0 Å². The van der Waals surface area contributed by atoms with Gasteiger partial charge in [0.2, 0.25) is 5.91 Å². The number of hydrogen-bond donors (Lipinski definition) is 2. The highest BCUT2D eigenvalue weighted by molar-refractivity contribution is 5.82. The number of halogens is 2. The highest BCUT2D eigenvalue weighted by Gasteiger charge is 2.21. The van der Waals surface area contributed by atoms with Crippen LogP contribution in [-0.4, -0.2) is 23.5 Å². The lowest BCUT2D eigenvalue weighted by Gasteiger charge is -2.20. The second kappa shape index (κ2) is 8.19. The standard InChI is InChI=1S/C22H24F2N2O3/c1-22(2,3)14-6-4-13(5-7-14)16(12-15-8-11-19(27)25-15)17-9-10-18(20(28)26-17)29-21(23)24/h4-7,9-10,12,15,21H,8,11H2,1-3H3,(H,25,27)(H,26,28)/b16-12-/t15-/m1/s1. The summed E-state index contributed by atoms with van der Waals surface area (Å²) in [7, 11) is 0. The summed E-state index contributed by atoms with van der Waals surface area (Å²) in [6.45, 7) is 3.28. The van der Waals surface area contributed by atoms with E-state index in [4.69, 9.17) is 0 Å². The average molecular weight is 402 g/mol. The van der Waals surface area contributed by atoms with Gasteiger partial charge in [-0.25, -0.2) is 0 Å². The number of ether oxygens (including phenoxy) is 1. The largest absolute Gasteiger partial charge is 0.429 e. The fourth-order valence-electron chi connectivity index (χ4n) is 3.26. The van der Waals surface area contributed by atoms with Crippen LogP contribution in [0.15, 0.2) is 47.3 Å². The molecular formula is C22H24F2N2O3. The molecule has 1 fully saturated rings. The first kappa shape index (κ1) is 20.8. The van der Waals surface area contributed by atoms with E-state index in [-0.39, 0.29) is 17.4 Å². The van der Waals surface area contributed by atoms with Crippen molar-refractivity contribution in [3.63, 3.8) is 0 Å². The van der Waals surface area contributed by atoms with Gasteiger partial charge in [-0.05, 0) is 35.1 Å². The second-order valence-electron chi connectivity index (χ2n) is 8.06. The van der Waals surface area contributed by atoms with Crippen molar-refractivity contribution >= 4 is 11.5 Å².